The van der Waals surface area contributed by atoms with E-state index in [1.165, 1.54) is 10.7 Å². The number of hydrogen-bond acceptors (Lipinski definition) is 3. The predicted molar refractivity (Wildman–Crippen MR) is 86.5 cm³/mol. The third-order valence-electron chi connectivity index (χ3n) is 4.09. The fraction of sp³-hybridized carbons (Fsp3) is 0.412. The van der Waals surface area contributed by atoms with Crippen LogP contribution in [-0.4, -0.2) is 45.8 Å². The normalized spacial score (nSPS) is 21.1. The van der Waals surface area contributed by atoms with Crippen LogP contribution in [-0.2, 0) is 7.05 Å². The van der Waals surface area contributed by atoms with Gasteiger partial charge in [-0.3, -0.25) is 9.48 Å². The van der Waals surface area contributed by atoms with Crippen molar-refractivity contribution in [3.63, 3.8) is 0 Å². The average molecular weight is 334 g/mol. The number of piperazine rings is 1. The maximum Gasteiger partial charge on any atom is 0.257 e. The van der Waals surface area contributed by atoms with Crippen LogP contribution in [0.3, 0.4) is 0 Å². The highest BCUT2D eigenvalue weighted by atomic mass is 19.1. The van der Waals surface area contributed by atoms with Crippen molar-refractivity contribution in [2.45, 2.75) is 25.9 Å². The first-order valence-corrected chi connectivity index (χ1v) is 7.89. The molecule has 2 aromatic rings. The van der Waals surface area contributed by atoms with Crippen LogP contribution in [0.2, 0.25) is 0 Å². The second-order valence-electron chi connectivity index (χ2n) is 6.37. The molecule has 1 aliphatic rings. The molecule has 0 saturated carbocycles. The van der Waals surface area contributed by atoms with Gasteiger partial charge in [0, 0.05) is 50.0 Å². The molecule has 7 heteroatoms. The van der Waals surface area contributed by atoms with Crippen LogP contribution in [0.15, 0.2) is 24.4 Å². The summed E-state index contributed by atoms with van der Waals surface area (Å²) in [6, 6.07) is 3.64. The van der Waals surface area contributed by atoms with Crippen molar-refractivity contribution in [1.82, 2.24) is 20.0 Å². The van der Waals surface area contributed by atoms with Crippen molar-refractivity contribution in [3.8, 4) is 11.3 Å². The Labute approximate surface area is 139 Å². The summed E-state index contributed by atoms with van der Waals surface area (Å²) >= 11 is 0. The number of amides is 1. The molecule has 1 aromatic heterocycles. The van der Waals surface area contributed by atoms with Gasteiger partial charge in [0.1, 0.15) is 17.3 Å². The minimum Gasteiger partial charge on any atom is -0.335 e. The Morgan fingerprint density at radius 3 is 2.54 bits per heavy atom. The van der Waals surface area contributed by atoms with E-state index in [1.54, 1.807) is 18.1 Å². The minimum atomic E-state index is -0.732. The second-order valence-corrected chi connectivity index (χ2v) is 6.37. The summed E-state index contributed by atoms with van der Waals surface area (Å²) in [5, 5.41) is 7.58. The van der Waals surface area contributed by atoms with Gasteiger partial charge in [0.25, 0.3) is 5.91 Å². The molecule has 2 atom stereocenters. The Hall–Kier alpha value is -2.28. The van der Waals surface area contributed by atoms with Crippen LogP contribution in [0.4, 0.5) is 8.78 Å². The largest absolute Gasteiger partial charge is 0.335 e. The van der Waals surface area contributed by atoms with Crippen molar-refractivity contribution < 1.29 is 13.6 Å². The van der Waals surface area contributed by atoms with Crippen molar-refractivity contribution in [2.24, 2.45) is 7.05 Å². The Kier molecular flexibility index (Phi) is 4.36. The molecule has 0 radical (unpaired) electrons. The molecule has 1 aliphatic heterocycles. The molecule has 2 heterocycles. The molecule has 5 nitrogen and oxygen atoms in total. The van der Waals surface area contributed by atoms with E-state index in [0.717, 1.165) is 12.1 Å². The molecule has 3 rings (SSSR count). The maximum atomic E-state index is 14.1. The average Bonchev–Trinajstić information content (AvgIpc) is 2.87. The summed E-state index contributed by atoms with van der Waals surface area (Å²) < 4.78 is 28.8. The lowest BCUT2D eigenvalue weighted by molar-refractivity contribution is 0.0674. The van der Waals surface area contributed by atoms with Crippen LogP contribution in [0.1, 0.15) is 24.2 Å². The standard InChI is InChI=1S/C17H20F2N4O/c1-10-7-23(8-11(2)20-10)17(24)14-9-22(3)21-16(14)13-5-4-12(18)6-15(13)19/h4-6,9-11,20H,7-8H2,1-3H3/t10-,11+. The number of nitrogens with one attached hydrogen (secondary N) is 1. The topological polar surface area (TPSA) is 50.2 Å². The molecule has 0 aliphatic carbocycles. The molecule has 1 saturated heterocycles. The third kappa shape index (κ3) is 3.17. The Morgan fingerprint density at radius 1 is 1.25 bits per heavy atom. The first kappa shape index (κ1) is 16.6. The zero-order valence-corrected chi connectivity index (χ0v) is 13.9. The molecule has 1 fully saturated rings. The fourth-order valence-corrected chi connectivity index (χ4v) is 3.19. The lowest BCUT2D eigenvalue weighted by atomic mass is 10.0. The van der Waals surface area contributed by atoms with Gasteiger partial charge in [-0.1, -0.05) is 0 Å². The Morgan fingerprint density at radius 2 is 1.92 bits per heavy atom. The fourth-order valence-electron chi connectivity index (χ4n) is 3.19. The first-order chi connectivity index (χ1) is 11.3. The molecule has 1 N–H and O–H groups in total. The highest BCUT2D eigenvalue weighted by molar-refractivity contribution is 6.00. The zero-order chi connectivity index (χ0) is 17.4. The molecule has 1 aromatic carbocycles. The van der Waals surface area contributed by atoms with Crippen LogP contribution in [0, 0.1) is 11.6 Å². The van der Waals surface area contributed by atoms with Crippen molar-refractivity contribution in [3.05, 3.63) is 41.6 Å². The number of carbonyl (C=O) groups excluding carboxylic acids is 1. The maximum absolute atomic E-state index is 14.1. The van der Waals surface area contributed by atoms with Gasteiger partial charge in [-0.2, -0.15) is 5.10 Å². The second kappa shape index (κ2) is 6.32. The minimum absolute atomic E-state index is 0.122. The molecule has 0 bridgehead atoms. The van der Waals surface area contributed by atoms with Crippen molar-refractivity contribution >= 4 is 5.91 Å². The number of hydrogen-bond donors (Lipinski definition) is 1. The molecular weight excluding hydrogens is 314 g/mol. The third-order valence-corrected chi connectivity index (χ3v) is 4.09. The number of carbonyl (C=O) groups is 1. The van der Waals surface area contributed by atoms with Crippen molar-refractivity contribution in [2.75, 3.05) is 13.1 Å². The van der Waals surface area contributed by atoms with E-state index in [2.05, 4.69) is 10.4 Å². The number of aryl methyl sites for hydroxylation is 1. The number of benzene rings is 1. The van der Waals surface area contributed by atoms with E-state index >= 15 is 0 Å². The lowest BCUT2D eigenvalue weighted by Gasteiger charge is -2.36. The summed E-state index contributed by atoms with van der Waals surface area (Å²) in [5.74, 6) is -1.59. The Bertz CT molecular complexity index is 764. The molecule has 1 amide bonds. The Balaban J connectivity index is 1.98. The lowest BCUT2D eigenvalue weighted by Crippen LogP contribution is -2.55. The SMILES string of the molecule is C[C@@H]1CN(C(=O)c2cn(C)nc2-c2ccc(F)cc2F)C[C@H](C)N1. The molecule has 0 unspecified atom stereocenters. The summed E-state index contributed by atoms with van der Waals surface area (Å²) in [6.45, 7) is 5.17. The van der Waals surface area contributed by atoms with Crippen molar-refractivity contribution in [1.29, 1.82) is 0 Å². The monoisotopic (exact) mass is 334 g/mol. The number of aromatic nitrogens is 2. The summed E-state index contributed by atoms with van der Waals surface area (Å²) in [7, 11) is 1.67. The van der Waals surface area contributed by atoms with E-state index < -0.39 is 11.6 Å². The van der Waals surface area contributed by atoms with Crippen LogP contribution in [0.25, 0.3) is 11.3 Å². The van der Waals surface area contributed by atoms with Crippen LogP contribution < -0.4 is 5.32 Å². The van der Waals surface area contributed by atoms with E-state index in [4.69, 9.17) is 0 Å². The highest BCUT2D eigenvalue weighted by Crippen LogP contribution is 2.27. The first-order valence-electron chi connectivity index (χ1n) is 7.89. The zero-order valence-electron chi connectivity index (χ0n) is 13.9. The smallest absolute Gasteiger partial charge is 0.257 e. The van der Waals surface area contributed by atoms with E-state index in [9.17, 15) is 13.6 Å². The van der Waals surface area contributed by atoms with Gasteiger partial charge in [-0.05, 0) is 26.0 Å². The highest BCUT2D eigenvalue weighted by Gasteiger charge is 2.29. The van der Waals surface area contributed by atoms with Gasteiger partial charge in [0.05, 0.1) is 5.56 Å². The van der Waals surface area contributed by atoms with Crippen LogP contribution in [0.5, 0.6) is 0 Å². The van der Waals surface area contributed by atoms with Gasteiger partial charge in [0.2, 0.25) is 0 Å². The number of halogens is 2. The summed E-state index contributed by atoms with van der Waals surface area (Å²) in [4.78, 5) is 14.7. The van der Waals surface area contributed by atoms with E-state index in [-0.39, 0.29) is 29.2 Å². The van der Waals surface area contributed by atoms with E-state index in [0.29, 0.717) is 18.7 Å². The van der Waals surface area contributed by atoms with Gasteiger partial charge in [-0.25, -0.2) is 8.78 Å². The van der Waals surface area contributed by atoms with Crippen LogP contribution >= 0.6 is 0 Å². The molecule has 24 heavy (non-hydrogen) atoms. The van der Waals surface area contributed by atoms with Gasteiger partial charge in [-0.15, -0.1) is 0 Å². The molecule has 0 spiro atoms. The molecule has 128 valence electrons. The summed E-state index contributed by atoms with van der Waals surface area (Å²) in [5.41, 5.74) is 0.680. The van der Waals surface area contributed by atoms with Gasteiger partial charge < -0.3 is 10.2 Å². The number of rotatable bonds is 2. The van der Waals surface area contributed by atoms with Gasteiger partial charge >= 0.3 is 0 Å². The van der Waals surface area contributed by atoms with E-state index in [1.807, 2.05) is 13.8 Å². The predicted octanol–water partition coefficient (Wildman–Crippen LogP) is 2.19. The molecular formula is C17H20F2N4O. The van der Waals surface area contributed by atoms with Gasteiger partial charge in [0.15, 0.2) is 0 Å². The summed E-state index contributed by atoms with van der Waals surface area (Å²) in [6.07, 6.45) is 1.58. The quantitative estimate of drug-likeness (QED) is 0.916. The number of nitrogens with zero attached hydrogens (tertiary/aromatic N) is 3.